The van der Waals surface area contributed by atoms with Gasteiger partial charge >= 0.3 is 0 Å². The fraction of sp³-hybridized carbons (Fsp3) is 0.0400. The Morgan fingerprint density at radius 1 is 0.434 bits per heavy atom. The van der Waals surface area contributed by atoms with Crippen molar-refractivity contribution in [3.8, 4) is 22.3 Å². The van der Waals surface area contributed by atoms with Crippen molar-refractivity contribution in [2.75, 3.05) is 4.90 Å². The lowest BCUT2D eigenvalue weighted by atomic mass is 9.95. The van der Waals surface area contributed by atoms with Crippen molar-refractivity contribution in [2.45, 2.75) is 12.8 Å². The Kier molecular flexibility index (Phi) is 6.68. The number of anilines is 3. The zero-order chi connectivity index (χ0) is 34.9. The van der Waals surface area contributed by atoms with Gasteiger partial charge in [-0.25, -0.2) is 0 Å². The molecule has 0 fully saturated rings. The first-order valence-electron chi connectivity index (χ1n) is 18.3. The number of para-hydroxylation sites is 3. The quantitative estimate of drug-likeness (QED) is 0.181. The van der Waals surface area contributed by atoms with E-state index in [2.05, 4.69) is 169 Å². The van der Waals surface area contributed by atoms with Gasteiger partial charge in [-0.1, -0.05) is 133 Å². The summed E-state index contributed by atoms with van der Waals surface area (Å²) in [6, 6.07) is 58.5. The summed E-state index contributed by atoms with van der Waals surface area (Å²) < 4.78 is 13.3. The molecule has 3 heteroatoms. The van der Waals surface area contributed by atoms with Gasteiger partial charge in [-0.15, -0.1) is 0 Å². The number of fused-ring (bicyclic) bond motifs is 9. The van der Waals surface area contributed by atoms with Crippen LogP contribution in [0.25, 0.3) is 83.0 Å². The molecule has 0 radical (unpaired) electrons. The molecule has 0 aliphatic heterocycles. The minimum absolute atomic E-state index is 0.889. The topological polar surface area (TPSA) is 29.5 Å². The van der Waals surface area contributed by atoms with Crippen molar-refractivity contribution >= 4 is 77.8 Å². The van der Waals surface area contributed by atoms with Crippen LogP contribution in [0, 0.1) is 0 Å². The number of hydrogen-bond donors (Lipinski definition) is 0. The van der Waals surface area contributed by atoms with Crippen LogP contribution in [0.1, 0.15) is 17.5 Å². The van der Waals surface area contributed by atoms with Crippen molar-refractivity contribution in [3.05, 3.63) is 181 Å². The highest BCUT2D eigenvalue weighted by Crippen LogP contribution is 2.45. The van der Waals surface area contributed by atoms with E-state index in [0.29, 0.717) is 0 Å². The second-order valence-electron chi connectivity index (χ2n) is 13.9. The highest BCUT2D eigenvalue weighted by atomic mass is 16.3. The van der Waals surface area contributed by atoms with Gasteiger partial charge in [-0.05, 0) is 88.3 Å². The molecular weight excluding hydrogens is 647 g/mol. The Bertz CT molecular complexity index is 3050. The molecule has 0 spiro atoms. The highest BCUT2D eigenvalue weighted by Gasteiger charge is 2.22. The molecule has 0 saturated carbocycles. The molecule has 10 aromatic rings. The van der Waals surface area contributed by atoms with E-state index in [4.69, 9.17) is 8.83 Å². The molecule has 1 aliphatic carbocycles. The molecule has 250 valence electrons. The lowest BCUT2D eigenvalue weighted by Crippen LogP contribution is -2.10. The molecule has 11 rings (SSSR count). The first kappa shape index (κ1) is 29.8. The number of rotatable bonds is 5. The molecular formula is C50H33NO2. The molecule has 53 heavy (non-hydrogen) atoms. The fourth-order valence-corrected chi connectivity index (χ4v) is 8.41. The van der Waals surface area contributed by atoms with Crippen molar-refractivity contribution in [2.24, 2.45) is 0 Å². The molecule has 2 aromatic heterocycles. The third kappa shape index (κ3) is 4.74. The molecule has 0 bridgehead atoms. The zero-order valence-electron chi connectivity index (χ0n) is 28.9. The second-order valence-corrected chi connectivity index (χ2v) is 13.9. The van der Waals surface area contributed by atoms with Gasteiger partial charge in [0, 0.05) is 44.0 Å². The van der Waals surface area contributed by atoms with Crippen LogP contribution in [0.2, 0.25) is 0 Å². The molecule has 1 aliphatic rings. The predicted molar refractivity (Wildman–Crippen MR) is 221 cm³/mol. The molecule has 0 atom stereocenters. The third-order valence-corrected chi connectivity index (χ3v) is 11.0. The fourth-order valence-electron chi connectivity index (χ4n) is 8.41. The number of benzene rings is 8. The number of nitrogens with zero attached hydrogens (tertiary/aromatic N) is 1. The summed E-state index contributed by atoms with van der Waals surface area (Å²) in [7, 11) is 0. The number of hydrogen-bond acceptors (Lipinski definition) is 3. The smallest absolute Gasteiger partial charge is 0.159 e. The Balaban J connectivity index is 1.08. The van der Waals surface area contributed by atoms with Gasteiger partial charge < -0.3 is 13.7 Å². The zero-order valence-corrected chi connectivity index (χ0v) is 28.9. The summed E-state index contributed by atoms with van der Waals surface area (Å²) in [5, 5.41) is 7.04. The molecule has 0 amide bonds. The van der Waals surface area contributed by atoms with Crippen LogP contribution in [0.15, 0.2) is 179 Å². The maximum atomic E-state index is 6.93. The SMILES string of the molecule is C1=Cc2ccc3c(oc4c(N(c5ccc(-c6cccc7ccccc67)cc5)c5ccc(-c6cccc7c6oc6ccccc67)cc5)cccc43)c2CC1. The molecule has 2 heterocycles. The Hall–Kier alpha value is -6.84. The van der Waals surface area contributed by atoms with Crippen LogP contribution >= 0.6 is 0 Å². The Morgan fingerprint density at radius 2 is 1.06 bits per heavy atom. The Morgan fingerprint density at radius 3 is 1.89 bits per heavy atom. The van der Waals surface area contributed by atoms with Gasteiger partial charge in [-0.2, -0.15) is 0 Å². The summed E-state index contributed by atoms with van der Waals surface area (Å²) in [4.78, 5) is 2.33. The summed E-state index contributed by atoms with van der Waals surface area (Å²) >= 11 is 0. The molecule has 3 nitrogen and oxygen atoms in total. The van der Waals surface area contributed by atoms with Crippen LogP contribution in [-0.4, -0.2) is 0 Å². The van der Waals surface area contributed by atoms with Crippen molar-refractivity contribution in [3.63, 3.8) is 0 Å². The minimum Gasteiger partial charge on any atom is -0.455 e. The minimum atomic E-state index is 0.889. The Labute approximate surface area is 306 Å². The van der Waals surface area contributed by atoms with Crippen molar-refractivity contribution in [1.82, 2.24) is 0 Å². The average molecular weight is 680 g/mol. The van der Waals surface area contributed by atoms with Crippen LogP contribution in [0.4, 0.5) is 17.1 Å². The first-order chi connectivity index (χ1) is 26.3. The highest BCUT2D eigenvalue weighted by molar-refractivity contribution is 6.12. The second kappa shape index (κ2) is 11.9. The van der Waals surface area contributed by atoms with Gasteiger partial charge in [0.1, 0.15) is 16.7 Å². The van der Waals surface area contributed by atoms with Gasteiger partial charge in [-0.3, -0.25) is 0 Å². The molecule has 0 saturated heterocycles. The van der Waals surface area contributed by atoms with Crippen LogP contribution in [0.3, 0.4) is 0 Å². The average Bonchev–Trinajstić information content (AvgIpc) is 3.81. The maximum Gasteiger partial charge on any atom is 0.159 e. The van der Waals surface area contributed by atoms with E-state index in [0.717, 1.165) is 84.9 Å². The summed E-state index contributed by atoms with van der Waals surface area (Å²) in [6.45, 7) is 0. The lowest BCUT2D eigenvalue weighted by Gasteiger charge is -2.26. The van der Waals surface area contributed by atoms with E-state index in [9.17, 15) is 0 Å². The first-order valence-corrected chi connectivity index (χ1v) is 18.3. The third-order valence-electron chi connectivity index (χ3n) is 11.0. The van der Waals surface area contributed by atoms with E-state index < -0.39 is 0 Å². The number of furan rings is 2. The van der Waals surface area contributed by atoms with E-state index >= 15 is 0 Å². The summed E-state index contributed by atoms with van der Waals surface area (Å²) in [5.41, 5.74) is 13.9. The summed E-state index contributed by atoms with van der Waals surface area (Å²) in [5.74, 6) is 0. The van der Waals surface area contributed by atoms with Gasteiger partial charge in [0.2, 0.25) is 0 Å². The standard InChI is InChI=1S/C50H33NO2/c1-3-13-38-32(10-1)12-7-16-39(38)34-22-27-36(28-23-34)51(46-20-9-19-44-45-31-26-33-11-2-4-14-40(33)49(45)53-50(44)46)37-29-24-35(25-30-37)41-17-8-18-43-42-15-5-6-21-47(42)52-48(41)43/h1-3,5-13,15-31H,4,14H2. The van der Waals surface area contributed by atoms with Crippen LogP contribution in [-0.2, 0) is 6.42 Å². The largest absolute Gasteiger partial charge is 0.455 e. The number of aryl methyl sites for hydroxylation is 1. The van der Waals surface area contributed by atoms with E-state index in [1.807, 2.05) is 12.1 Å². The predicted octanol–water partition coefficient (Wildman–Crippen LogP) is 14.4. The lowest BCUT2D eigenvalue weighted by molar-refractivity contribution is 0.661. The van der Waals surface area contributed by atoms with E-state index in [1.165, 1.54) is 33.0 Å². The molecule has 0 N–H and O–H groups in total. The van der Waals surface area contributed by atoms with E-state index in [-0.39, 0.29) is 0 Å². The molecule has 0 unspecified atom stereocenters. The monoisotopic (exact) mass is 679 g/mol. The van der Waals surface area contributed by atoms with Crippen molar-refractivity contribution in [1.29, 1.82) is 0 Å². The molecule has 8 aromatic carbocycles. The van der Waals surface area contributed by atoms with Gasteiger partial charge in [0.05, 0.1) is 5.69 Å². The van der Waals surface area contributed by atoms with Crippen LogP contribution in [0.5, 0.6) is 0 Å². The number of allylic oxidation sites excluding steroid dienone is 1. The van der Waals surface area contributed by atoms with Crippen molar-refractivity contribution < 1.29 is 8.83 Å². The van der Waals surface area contributed by atoms with Gasteiger partial charge in [0.15, 0.2) is 5.58 Å². The normalized spacial score (nSPS) is 12.7. The van der Waals surface area contributed by atoms with E-state index in [1.54, 1.807) is 0 Å². The van der Waals surface area contributed by atoms with Gasteiger partial charge in [0.25, 0.3) is 0 Å². The van der Waals surface area contributed by atoms with Crippen LogP contribution < -0.4 is 4.90 Å². The summed E-state index contributed by atoms with van der Waals surface area (Å²) in [6.07, 6.45) is 6.49. The maximum absolute atomic E-state index is 6.93.